The van der Waals surface area contributed by atoms with Crippen LogP contribution in [0.1, 0.15) is 24.6 Å². The fourth-order valence-electron chi connectivity index (χ4n) is 2.60. The highest BCUT2D eigenvalue weighted by atomic mass is 35.5. The van der Waals surface area contributed by atoms with Gasteiger partial charge in [0.15, 0.2) is 0 Å². The maximum atomic E-state index is 14.5. The summed E-state index contributed by atoms with van der Waals surface area (Å²) in [7, 11) is 0.879. The van der Waals surface area contributed by atoms with Gasteiger partial charge in [-0.2, -0.15) is 13.2 Å². The van der Waals surface area contributed by atoms with Crippen LogP contribution in [0, 0.1) is 12.7 Å². The van der Waals surface area contributed by atoms with Crippen molar-refractivity contribution in [1.82, 2.24) is 9.13 Å². The zero-order valence-corrected chi connectivity index (χ0v) is 16.9. The van der Waals surface area contributed by atoms with Crippen LogP contribution < -0.4 is 11.2 Å². The summed E-state index contributed by atoms with van der Waals surface area (Å²) in [6, 6.07) is 2.12. The summed E-state index contributed by atoms with van der Waals surface area (Å²) >= 11 is 7.29. The summed E-state index contributed by atoms with van der Waals surface area (Å²) in [5.74, 6) is -0.424. The summed E-state index contributed by atoms with van der Waals surface area (Å²) in [5.41, 5.74) is -4.15. The Kier molecular flexibility index (Phi) is 6.50. The first kappa shape index (κ1) is 22.3. The Labute approximate surface area is 167 Å². The van der Waals surface area contributed by atoms with E-state index in [1.54, 1.807) is 0 Å². The highest BCUT2D eigenvalue weighted by Gasteiger charge is 2.38. The lowest BCUT2D eigenvalue weighted by Gasteiger charge is -2.17. The van der Waals surface area contributed by atoms with Crippen molar-refractivity contribution < 1.29 is 17.6 Å². The van der Waals surface area contributed by atoms with Gasteiger partial charge in [0.25, 0.3) is 5.56 Å². The Morgan fingerprint density at radius 1 is 1.29 bits per heavy atom. The van der Waals surface area contributed by atoms with Crippen molar-refractivity contribution in [3.8, 4) is 5.69 Å². The molecule has 0 bridgehead atoms. The fraction of sp³-hybridized carbons (Fsp3) is 0.333. The van der Waals surface area contributed by atoms with Gasteiger partial charge in [0.05, 0.1) is 10.7 Å². The lowest BCUT2D eigenvalue weighted by atomic mass is 10.2. The van der Waals surface area contributed by atoms with Crippen LogP contribution in [0.2, 0.25) is 5.02 Å². The first-order valence-electron chi connectivity index (χ1n) is 8.02. The SMILES string of the molecule is C=C(C)CCSc1cc(-n2c(=O)c(C)c(C(F)(F)F)n(C)c2=O)c(F)cc1Cl. The van der Waals surface area contributed by atoms with E-state index in [9.17, 15) is 27.2 Å². The third kappa shape index (κ3) is 4.35. The van der Waals surface area contributed by atoms with E-state index in [4.69, 9.17) is 11.6 Å². The highest BCUT2D eigenvalue weighted by Crippen LogP contribution is 2.32. The van der Waals surface area contributed by atoms with Gasteiger partial charge >= 0.3 is 11.9 Å². The third-order valence-electron chi connectivity index (χ3n) is 3.99. The van der Waals surface area contributed by atoms with Crippen LogP contribution in [0.3, 0.4) is 0 Å². The number of alkyl halides is 3. The Morgan fingerprint density at radius 2 is 1.89 bits per heavy atom. The minimum Gasteiger partial charge on any atom is -0.292 e. The lowest BCUT2D eigenvalue weighted by molar-refractivity contribution is -0.144. The molecule has 0 radical (unpaired) electrons. The second-order valence-electron chi connectivity index (χ2n) is 6.24. The molecule has 0 saturated heterocycles. The molecule has 1 heterocycles. The maximum absolute atomic E-state index is 14.5. The smallest absolute Gasteiger partial charge is 0.292 e. The van der Waals surface area contributed by atoms with Crippen molar-refractivity contribution in [3.05, 3.63) is 67.2 Å². The summed E-state index contributed by atoms with van der Waals surface area (Å²) in [6.07, 6.45) is -4.24. The molecule has 1 aromatic carbocycles. The Morgan fingerprint density at radius 3 is 2.43 bits per heavy atom. The van der Waals surface area contributed by atoms with E-state index >= 15 is 0 Å². The van der Waals surface area contributed by atoms with Gasteiger partial charge in [0.1, 0.15) is 11.5 Å². The van der Waals surface area contributed by atoms with E-state index in [0.717, 1.165) is 25.6 Å². The molecule has 0 atom stereocenters. The Hall–Kier alpha value is -2.00. The first-order chi connectivity index (χ1) is 12.9. The predicted molar refractivity (Wildman–Crippen MR) is 102 cm³/mol. The molecular formula is C18H17ClF4N2O2S. The number of aromatic nitrogens is 2. The van der Waals surface area contributed by atoms with E-state index in [1.165, 1.54) is 17.8 Å². The predicted octanol–water partition coefficient (Wildman–Crippen LogP) is 4.71. The molecule has 0 fully saturated rings. The molecule has 0 aliphatic rings. The molecule has 0 aliphatic heterocycles. The Balaban J connectivity index is 2.70. The molecule has 2 rings (SSSR count). The van der Waals surface area contributed by atoms with E-state index in [0.29, 0.717) is 26.2 Å². The van der Waals surface area contributed by atoms with Gasteiger partial charge in [-0.25, -0.2) is 13.8 Å². The number of hydrogen-bond donors (Lipinski definition) is 0. The maximum Gasteiger partial charge on any atom is 0.432 e. The molecule has 28 heavy (non-hydrogen) atoms. The number of allylic oxidation sites excluding steroid dienone is 1. The standard InChI is InChI=1S/C18H17ClF4N2O2S/c1-9(2)5-6-28-14-8-13(12(20)7-11(14)19)25-16(26)10(3)15(18(21,22)23)24(4)17(25)27/h7-8H,1,5-6H2,2-4H3. The van der Waals surface area contributed by atoms with Gasteiger partial charge in [-0.3, -0.25) is 9.36 Å². The van der Waals surface area contributed by atoms with Gasteiger partial charge in [-0.1, -0.05) is 17.2 Å². The molecule has 0 saturated carbocycles. The van der Waals surface area contributed by atoms with Crippen LogP contribution in [0.4, 0.5) is 17.6 Å². The molecule has 1 aromatic heterocycles. The minimum atomic E-state index is -4.90. The van der Waals surface area contributed by atoms with E-state index in [-0.39, 0.29) is 5.02 Å². The Bertz CT molecular complexity index is 1020. The van der Waals surface area contributed by atoms with Gasteiger partial charge < -0.3 is 0 Å². The fourth-order valence-corrected chi connectivity index (χ4v) is 3.98. The minimum absolute atomic E-state index is 0.0708. The molecule has 2 aromatic rings. The van der Waals surface area contributed by atoms with E-state index in [2.05, 4.69) is 6.58 Å². The molecule has 0 spiro atoms. The van der Waals surface area contributed by atoms with Crippen LogP contribution in [0.5, 0.6) is 0 Å². The zero-order valence-electron chi connectivity index (χ0n) is 15.3. The van der Waals surface area contributed by atoms with Crippen molar-refractivity contribution in [2.24, 2.45) is 7.05 Å². The van der Waals surface area contributed by atoms with Crippen LogP contribution in [-0.4, -0.2) is 14.9 Å². The number of benzene rings is 1. The number of hydrogen-bond acceptors (Lipinski definition) is 3. The summed E-state index contributed by atoms with van der Waals surface area (Å²) < 4.78 is 54.7. The third-order valence-corrected chi connectivity index (χ3v) is 5.47. The van der Waals surface area contributed by atoms with Crippen molar-refractivity contribution in [2.45, 2.75) is 31.3 Å². The molecule has 0 aliphatic carbocycles. The van der Waals surface area contributed by atoms with E-state index < -0.39 is 40.2 Å². The quantitative estimate of drug-likeness (QED) is 0.387. The number of rotatable bonds is 5. The summed E-state index contributed by atoms with van der Waals surface area (Å²) in [6.45, 7) is 6.55. The van der Waals surface area contributed by atoms with Crippen molar-refractivity contribution in [2.75, 3.05) is 5.75 Å². The number of thioether (sulfide) groups is 1. The second-order valence-corrected chi connectivity index (χ2v) is 7.79. The van der Waals surface area contributed by atoms with Crippen molar-refractivity contribution >= 4 is 23.4 Å². The normalized spacial score (nSPS) is 11.7. The second kappa shape index (κ2) is 8.16. The molecule has 10 heteroatoms. The lowest BCUT2D eigenvalue weighted by Crippen LogP contribution is -2.43. The van der Waals surface area contributed by atoms with Crippen LogP contribution >= 0.6 is 23.4 Å². The molecule has 0 unspecified atom stereocenters. The monoisotopic (exact) mass is 436 g/mol. The summed E-state index contributed by atoms with van der Waals surface area (Å²) in [4.78, 5) is 25.4. The van der Waals surface area contributed by atoms with Gasteiger partial charge in [-0.05, 0) is 32.4 Å². The molecule has 0 amide bonds. The average molecular weight is 437 g/mol. The van der Waals surface area contributed by atoms with Gasteiger partial charge in [0.2, 0.25) is 0 Å². The first-order valence-corrected chi connectivity index (χ1v) is 9.39. The highest BCUT2D eigenvalue weighted by molar-refractivity contribution is 7.99. The largest absolute Gasteiger partial charge is 0.432 e. The van der Waals surface area contributed by atoms with Crippen molar-refractivity contribution in [1.29, 1.82) is 0 Å². The number of nitrogens with zero attached hydrogens (tertiary/aromatic N) is 2. The van der Waals surface area contributed by atoms with Crippen LogP contribution in [0.15, 0.2) is 38.8 Å². The number of halogens is 5. The molecule has 152 valence electrons. The van der Waals surface area contributed by atoms with Crippen LogP contribution in [0.25, 0.3) is 5.69 Å². The zero-order chi connectivity index (χ0) is 21.4. The van der Waals surface area contributed by atoms with Crippen LogP contribution in [-0.2, 0) is 13.2 Å². The molecular weight excluding hydrogens is 420 g/mol. The van der Waals surface area contributed by atoms with Crippen molar-refractivity contribution in [3.63, 3.8) is 0 Å². The van der Waals surface area contributed by atoms with Gasteiger partial charge in [-0.15, -0.1) is 18.3 Å². The summed E-state index contributed by atoms with van der Waals surface area (Å²) in [5, 5.41) is 0.0708. The average Bonchev–Trinajstić information content (AvgIpc) is 2.55. The van der Waals surface area contributed by atoms with E-state index in [1.807, 2.05) is 6.92 Å². The van der Waals surface area contributed by atoms with Gasteiger partial charge in [0, 0.05) is 23.3 Å². The topological polar surface area (TPSA) is 44.0 Å². The molecule has 0 N–H and O–H groups in total. The molecule has 4 nitrogen and oxygen atoms in total.